The molecule has 100 valence electrons. The fraction of sp³-hybridized carbons (Fsp3) is 0.200. The first-order valence-electron chi connectivity index (χ1n) is 5.95. The number of rotatable bonds is 4. The number of nitrogens with two attached hydrogens (primary N) is 1. The highest BCUT2D eigenvalue weighted by atomic mass is 35.5. The Labute approximate surface area is 117 Å². The van der Waals surface area contributed by atoms with Gasteiger partial charge < -0.3 is 10.5 Å². The van der Waals surface area contributed by atoms with E-state index in [9.17, 15) is 4.39 Å². The van der Waals surface area contributed by atoms with Gasteiger partial charge in [0.2, 0.25) is 0 Å². The molecule has 0 radical (unpaired) electrons. The summed E-state index contributed by atoms with van der Waals surface area (Å²) in [5, 5.41) is 0.633. The summed E-state index contributed by atoms with van der Waals surface area (Å²) in [4.78, 5) is 0. The second-order valence-corrected chi connectivity index (χ2v) is 4.66. The fourth-order valence-corrected chi connectivity index (χ4v) is 2.27. The summed E-state index contributed by atoms with van der Waals surface area (Å²) in [5.41, 5.74) is 7.36. The zero-order chi connectivity index (χ0) is 13.8. The van der Waals surface area contributed by atoms with Gasteiger partial charge in [-0.1, -0.05) is 35.9 Å². The van der Waals surface area contributed by atoms with Gasteiger partial charge in [0.15, 0.2) is 0 Å². The van der Waals surface area contributed by atoms with E-state index in [1.165, 1.54) is 13.2 Å². The van der Waals surface area contributed by atoms with Gasteiger partial charge >= 0.3 is 0 Å². The van der Waals surface area contributed by atoms with Crippen molar-refractivity contribution in [1.29, 1.82) is 0 Å². The Bertz CT molecular complexity index is 574. The molecule has 0 spiro atoms. The van der Waals surface area contributed by atoms with Crippen LogP contribution in [0.5, 0.6) is 5.75 Å². The van der Waals surface area contributed by atoms with Crippen LogP contribution in [-0.2, 0) is 6.42 Å². The molecular formula is C15H15ClFNO. The van der Waals surface area contributed by atoms with Crippen LogP contribution in [0.3, 0.4) is 0 Å². The van der Waals surface area contributed by atoms with Crippen molar-refractivity contribution in [2.45, 2.75) is 12.5 Å². The lowest BCUT2D eigenvalue weighted by molar-refractivity contribution is 0.399. The first-order chi connectivity index (χ1) is 9.13. The van der Waals surface area contributed by atoms with Crippen molar-refractivity contribution in [3.8, 4) is 5.75 Å². The highest BCUT2D eigenvalue weighted by molar-refractivity contribution is 6.31. The third kappa shape index (κ3) is 3.06. The van der Waals surface area contributed by atoms with Crippen LogP contribution in [0.15, 0.2) is 42.5 Å². The third-order valence-electron chi connectivity index (χ3n) is 3.00. The van der Waals surface area contributed by atoms with E-state index in [0.717, 1.165) is 5.56 Å². The Morgan fingerprint density at radius 3 is 2.63 bits per heavy atom. The van der Waals surface area contributed by atoms with Gasteiger partial charge in [0, 0.05) is 16.6 Å². The number of ether oxygens (including phenoxy) is 1. The molecule has 0 amide bonds. The van der Waals surface area contributed by atoms with E-state index in [0.29, 0.717) is 22.8 Å². The molecular weight excluding hydrogens is 265 g/mol. The molecule has 2 nitrogen and oxygen atoms in total. The van der Waals surface area contributed by atoms with Crippen molar-refractivity contribution < 1.29 is 9.13 Å². The minimum atomic E-state index is -0.504. The number of hydrogen-bond donors (Lipinski definition) is 1. The molecule has 0 bridgehead atoms. The van der Waals surface area contributed by atoms with Gasteiger partial charge in [0.05, 0.1) is 7.11 Å². The number of hydrogen-bond acceptors (Lipinski definition) is 2. The summed E-state index contributed by atoms with van der Waals surface area (Å²) in [6, 6.07) is 11.6. The molecule has 0 saturated heterocycles. The number of halogens is 2. The average Bonchev–Trinajstić information content (AvgIpc) is 2.40. The molecule has 2 aromatic rings. The molecule has 2 aromatic carbocycles. The summed E-state index contributed by atoms with van der Waals surface area (Å²) in [6.45, 7) is 0. The Balaban J connectivity index is 2.30. The maximum absolute atomic E-state index is 13.9. The Kier molecular flexibility index (Phi) is 4.40. The maximum atomic E-state index is 13.9. The zero-order valence-electron chi connectivity index (χ0n) is 10.6. The first kappa shape index (κ1) is 13.8. The molecule has 1 unspecified atom stereocenters. The SMILES string of the molecule is COc1cccc(F)c1C(N)Cc1ccccc1Cl. The molecule has 0 aliphatic carbocycles. The smallest absolute Gasteiger partial charge is 0.131 e. The molecule has 19 heavy (non-hydrogen) atoms. The minimum Gasteiger partial charge on any atom is -0.496 e. The Morgan fingerprint density at radius 1 is 1.21 bits per heavy atom. The van der Waals surface area contributed by atoms with Crippen LogP contribution in [0.2, 0.25) is 5.02 Å². The quantitative estimate of drug-likeness (QED) is 0.925. The summed E-state index contributed by atoms with van der Waals surface area (Å²) < 4.78 is 19.1. The van der Waals surface area contributed by atoms with Gasteiger partial charge in [-0.2, -0.15) is 0 Å². The molecule has 0 saturated carbocycles. The Hall–Kier alpha value is -1.58. The van der Waals surface area contributed by atoms with E-state index in [-0.39, 0.29) is 5.82 Å². The average molecular weight is 280 g/mol. The van der Waals surface area contributed by atoms with E-state index in [4.69, 9.17) is 22.1 Å². The highest BCUT2D eigenvalue weighted by Crippen LogP contribution is 2.30. The van der Waals surface area contributed by atoms with E-state index >= 15 is 0 Å². The summed E-state index contributed by atoms with van der Waals surface area (Å²) in [7, 11) is 1.50. The van der Waals surface area contributed by atoms with Crippen LogP contribution in [-0.4, -0.2) is 7.11 Å². The first-order valence-corrected chi connectivity index (χ1v) is 6.32. The predicted molar refractivity (Wildman–Crippen MR) is 75.0 cm³/mol. The van der Waals surface area contributed by atoms with Crippen LogP contribution in [0.4, 0.5) is 4.39 Å². The Morgan fingerprint density at radius 2 is 1.95 bits per heavy atom. The summed E-state index contributed by atoms with van der Waals surface area (Å²) in [6.07, 6.45) is 0.455. The van der Waals surface area contributed by atoms with Crippen LogP contribution in [0, 0.1) is 5.82 Å². The normalized spacial score (nSPS) is 12.2. The summed E-state index contributed by atoms with van der Waals surface area (Å²) >= 11 is 6.09. The van der Waals surface area contributed by atoms with Gasteiger partial charge in [0.25, 0.3) is 0 Å². The largest absolute Gasteiger partial charge is 0.496 e. The monoisotopic (exact) mass is 279 g/mol. The second-order valence-electron chi connectivity index (χ2n) is 4.26. The standard InChI is InChI=1S/C15H15ClFNO/c1-19-14-8-4-7-12(17)15(14)13(18)9-10-5-2-3-6-11(10)16/h2-8,13H,9,18H2,1H3. The van der Waals surface area contributed by atoms with Crippen molar-refractivity contribution in [2.75, 3.05) is 7.11 Å². The molecule has 0 aromatic heterocycles. The molecule has 2 rings (SSSR count). The summed E-state index contributed by atoms with van der Waals surface area (Å²) in [5.74, 6) is 0.0958. The number of benzene rings is 2. The van der Waals surface area contributed by atoms with E-state index in [1.807, 2.05) is 18.2 Å². The lowest BCUT2D eigenvalue weighted by atomic mass is 9.98. The fourth-order valence-electron chi connectivity index (χ4n) is 2.06. The molecule has 0 aliphatic rings. The second kappa shape index (κ2) is 6.04. The van der Waals surface area contributed by atoms with Crippen molar-refractivity contribution >= 4 is 11.6 Å². The lowest BCUT2D eigenvalue weighted by Gasteiger charge is -2.17. The zero-order valence-corrected chi connectivity index (χ0v) is 11.3. The van der Waals surface area contributed by atoms with Gasteiger partial charge in [-0.25, -0.2) is 4.39 Å². The van der Waals surface area contributed by atoms with Crippen LogP contribution in [0.25, 0.3) is 0 Å². The minimum absolute atomic E-state index is 0.362. The van der Waals surface area contributed by atoms with E-state index in [1.54, 1.807) is 18.2 Å². The van der Waals surface area contributed by atoms with E-state index in [2.05, 4.69) is 0 Å². The van der Waals surface area contributed by atoms with Crippen molar-refractivity contribution in [2.24, 2.45) is 5.73 Å². The molecule has 1 atom stereocenters. The van der Waals surface area contributed by atoms with Crippen LogP contribution < -0.4 is 10.5 Å². The van der Waals surface area contributed by atoms with Crippen molar-refractivity contribution in [3.63, 3.8) is 0 Å². The van der Waals surface area contributed by atoms with Crippen molar-refractivity contribution in [3.05, 3.63) is 64.4 Å². The lowest BCUT2D eigenvalue weighted by Crippen LogP contribution is -2.16. The van der Waals surface area contributed by atoms with Gasteiger partial charge in [0.1, 0.15) is 11.6 Å². The van der Waals surface area contributed by atoms with Gasteiger partial charge in [-0.05, 0) is 30.2 Å². The maximum Gasteiger partial charge on any atom is 0.131 e. The van der Waals surface area contributed by atoms with Crippen LogP contribution in [0.1, 0.15) is 17.2 Å². The highest BCUT2D eigenvalue weighted by Gasteiger charge is 2.18. The van der Waals surface area contributed by atoms with Gasteiger partial charge in [-0.3, -0.25) is 0 Å². The molecule has 2 N–H and O–H groups in total. The van der Waals surface area contributed by atoms with Gasteiger partial charge in [-0.15, -0.1) is 0 Å². The topological polar surface area (TPSA) is 35.2 Å². The van der Waals surface area contributed by atoms with Crippen molar-refractivity contribution in [1.82, 2.24) is 0 Å². The third-order valence-corrected chi connectivity index (χ3v) is 3.37. The molecule has 0 aliphatic heterocycles. The van der Waals surface area contributed by atoms with Crippen LogP contribution >= 0.6 is 11.6 Å². The predicted octanol–water partition coefficient (Wildman–Crippen LogP) is 3.73. The number of methoxy groups -OCH3 is 1. The molecule has 0 fully saturated rings. The van der Waals surface area contributed by atoms with E-state index < -0.39 is 6.04 Å². The molecule has 0 heterocycles. The molecule has 4 heteroatoms.